The number of hydrogen-bond acceptors (Lipinski definition) is 5. The Labute approximate surface area is 187 Å². The van der Waals surface area contributed by atoms with E-state index in [1.807, 2.05) is 13.1 Å². The minimum atomic E-state index is -0.364. The van der Waals surface area contributed by atoms with Crippen molar-refractivity contribution in [1.29, 1.82) is 5.26 Å². The highest BCUT2D eigenvalue weighted by molar-refractivity contribution is 9.10. The van der Waals surface area contributed by atoms with Crippen LogP contribution in [-0.2, 0) is 6.42 Å². The first-order valence-corrected chi connectivity index (χ1v) is 11.5. The lowest BCUT2D eigenvalue weighted by Crippen LogP contribution is -2.29. The Hall–Kier alpha value is -2.37. The van der Waals surface area contributed by atoms with E-state index in [4.69, 9.17) is 9.98 Å². The van der Waals surface area contributed by atoms with E-state index in [2.05, 4.69) is 51.2 Å². The van der Waals surface area contributed by atoms with E-state index in [0.29, 0.717) is 6.54 Å². The Bertz CT molecular complexity index is 1160. The molecule has 2 unspecified atom stereocenters. The van der Waals surface area contributed by atoms with Crippen molar-refractivity contribution in [3.63, 3.8) is 0 Å². The van der Waals surface area contributed by atoms with Crippen LogP contribution in [0.15, 0.2) is 46.0 Å². The molecule has 1 aromatic carbocycles. The number of aliphatic imine (C=N–C) groups is 1. The maximum absolute atomic E-state index is 13.4. The van der Waals surface area contributed by atoms with E-state index in [9.17, 15) is 9.65 Å². The van der Waals surface area contributed by atoms with Gasteiger partial charge in [0.15, 0.2) is 5.17 Å². The molecule has 0 bridgehead atoms. The topological polar surface area (TPSA) is 56.7 Å². The number of nitriles is 1. The van der Waals surface area contributed by atoms with E-state index in [0.717, 1.165) is 44.3 Å². The normalized spacial score (nSPS) is 18.5. The molecule has 0 aliphatic carbocycles. The van der Waals surface area contributed by atoms with Gasteiger partial charge >= 0.3 is 0 Å². The zero-order chi connectivity index (χ0) is 21.4. The Morgan fingerprint density at radius 1 is 1.30 bits per heavy atom. The molecule has 2 atom stereocenters. The molecule has 30 heavy (non-hydrogen) atoms. The largest absolute Gasteiger partial charge is 0.306 e. The summed E-state index contributed by atoms with van der Waals surface area (Å²) in [5, 5.41) is 10.2. The first kappa shape index (κ1) is 20.9. The van der Waals surface area contributed by atoms with Gasteiger partial charge in [0.2, 0.25) is 0 Å². The van der Waals surface area contributed by atoms with Gasteiger partial charge in [-0.05, 0) is 65.5 Å². The standard InChI is InChI=1S/C22H21BrFN5S/c1-4-17-21(29-12-15(23)10-13(3)20(29)26-17)28(5-2)22-27-19(18(11-25)30-22)14-6-8-16(24)9-7-14/h6-10,12,18-19H,4-5H2,1-3H3. The predicted octanol–water partition coefficient (Wildman–Crippen LogP) is 5.67. The van der Waals surface area contributed by atoms with Crippen molar-refractivity contribution in [1.82, 2.24) is 9.38 Å². The maximum Gasteiger partial charge on any atom is 0.166 e. The number of halogens is 2. The van der Waals surface area contributed by atoms with Gasteiger partial charge in [-0.3, -0.25) is 9.39 Å². The zero-order valence-electron chi connectivity index (χ0n) is 16.9. The predicted molar refractivity (Wildman–Crippen MR) is 124 cm³/mol. The number of rotatable bonds is 4. The van der Waals surface area contributed by atoms with Crippen LogP contribution in [0.3, 0.4) is 0 Å². The van der Waals surface area contributed by atoms with Gasteiger partial charge < -0.3 is 4.90 Å². The third-order valence-electron chi connectivity index (χ3n) is 5.16. The second-order valence-electron chi connectivity index (χ2n) is 7.09. The molecule has 0 N–H and O–H groups in total. The van der Waals surface area contributed by atoms with Gasteiger partial charge in [-0.2, -0.15) is 5.26 Å². The molecular weight excluding hydrogens is 465 g/mol. The van der Waals surface area contributed by atoms with Crippen LogP contribution in [0.5, 0.6) is 0 Å². The minimum absolute atomic E-state index is 0.295. The summed E-state index contributed by atoms with van der Waals surface area (Å²) in [7, 11) is 0. The number of aryl methyl sites for hydroxylation is 2. The Balaban J connectivity index is 1.82. The summed E-state index contributed by atoms with van der Waals surface area (Å²) in [6, 6.07) is 10.3. The highest BCUT2D eigenvalue weighted by Gasteiger charge is 2.35. The monoisotopic (exact) mass is 485 g/mol. The van der Waals surface area contributed by atoms with Crippen molar-refractivity contribution in [3.05, 3.63) is 63.6 Å². The fourth-order valence-corrected chi connectivity index (χ4v) is 5.43. The number of anilines is 1. The maximum atomic E-state index is 13.4. The minimum Gasteiger partial charge on any atom is -0.306 e. The summed E-state index contributed by atoms with van der Waals surface area (Å²) in [5.41, 5.74) is 3.83. The molecule has 1 aliphatic heterocycles. The van der Waals surface area contributed by atoms with Crippen LogP contribution in [0.25, 0.3) is 5.65 Å². The van der Waals surface area contributed by atoms with Crippen molar-refractivity contribution in [2.45, 2.75) is 38.5 Å². The number of fused-ring (bicyclic) bond motifs is 1. The SMILES string of the molecule is CCc1nc2c(C)cc(Br)cn2c1N(CC)C1=NC(c2ccc(F)cc2)C(C#N)S1. The number of amidine groups is 1. The molecule has 0 amide bonds. The highest BCUT2D eigenvalue weighted by atomic mass is 79.9. The Kier molecular flexibility index (Phi) is 5.85. The average Bonchev–Trinajstić information content (AvgIpc) is 3.32. The van der Waals surface area contributed by atoms with Gasteiger partial charge in [0.1, 0.15) is 28.6 Å². The van der Waals surface area contributed by atoms with Crippen LogP contribution in [0.1, 0.15) is 36.7 Å². The lowest BCUT2D eigenvalue weighted by molar-refractivity contribution is 0.625. The average molecular weight is 486 g/mol. The number of hydrogen-bond donors (Lipinski definition) is 0. The van der Waals surface area contributed by atoms with E-state index in [1.54, 1.807) is 12.1 Å². The molecule has 0 fully saturated rings. The van der Waals surface area contributed by atoms with E-state index in [-0.39, 0.29) is 17.1 Å². The number of thioether (sulfide) groups is 1. The van der Waals surface area contributed by atoms with Crippen molar-refractivity contribution in [2.75, 3.05) is 11.4 Å². The summed E-state index contributed by atoms with van der Waals surface area (Å²) in [6.07, 6.45) is 2.80. The number of imidazole rings is 1. The van der Waals surface area contributed by atoms with Crippen LogP contribution in [0.2, 0.25) is 0 Å². The van der Waals surface area contributed by atoms with Gasteiger partial charge in [0.05, 0.1) is 11.8 Å². The van der Waals surface area contributed by atoms with Crippen LogP contribution in [0.4, 0.5) is 10.2 Å². The molecule has 2 aromatic heterocycles. The van der Waals surface area contributed by atoms with Gasteiger partial charge in [0.25, 0.3) is 0 Å². The fraction of sp³-hybridized carbons (Fsp3) is 0.318. The zero-order valence-corrected chi connectivity index (χ0v) is 19.3. The smallest absolute Gasteiger partial charge is 0.166 e. The molecule has 0 saturated carbocycles. The summed E-state index contributed by atoms with van der Waals surface area (Å²) in [4.78, 5) is 11.9. The number of benzene rings is 1. The highest BCUT2D eigenvalue weighted by Crippen LogP contribution is 2.40. The first-order valence-electron chi connectivity index (χ1n) is 9.81. The lowest BCUT2D eigenvalue weighted by atomic mass is 10.0. The van der Waals surface area contributed by atoms with Crippen molar-refractivity contribution in [3.8, 4) is 6.07 Å². The Morgan fingerprint density at radius 3 is 2.67 bits per heavy atom. The van der Waals surface area contributed by atoms with Crippen molar-refractivity contribution in [2.24, 2.45) is 4.99 Å². The van der Waals surface area contributed by atoms with E-state index >= 15 is 0 Å². The molecule has 5 nitrogen and oxygen atoms in total. The Morgan fingerprint density at radius 2 is 2.03 bits per heavy atom. The third-order valence-corrected chi connectivity index (χ3v) is 6.75. The molecule has 3 heterocycles. The van der Waals surface area contributed by atoms with Crippen LogP contribution in [0, 0.1) is 24.1 Å². The molecule has 0 spiro atoms. The molecule has 8 heteroatoms. The van der Waals surface area contributed by atoms with Gasteiger partial charge in [-0.15, -0.1) is 0 Å². The summed E-state index contributed by atoms with van der Waals surface area (Å²) >= 11 is 5.05. The molecule has 0 saturated heterocycles. The quantitative estimate of drug-likeness (QED) is 0.477. The first-order chi connectivity index (χ1) is 14.5. The fourth-order valence-electron chi connectivity index (χ4n) is 3.74. The second-order valence-corrected chi connectivity index (χ2v) is 9.11. The molecule has 1 aliphatic rings. The van der Waals surface area contributed by atoms with Crippen LogP contribution >= 0.6 is 27.7 Å². The van der Waals surface area contributed by atoms with Gasteiger partial charge in [-0.25, -0.2) is 9.37 Å². The molecule has 3 aromatic rings. The third kappa shape index (κ3) is 3.61. The number of pyridine rings is 1. The molecule has 154 valence electrons. The van der Waals surface area contributed by atoms with E-state index < -0.39 is 0 Å². The van der Waals surface area contributed by atoms with Crippen LogP contribution in [-0.4, -0.2) is 26.3 Å². The van der Waals surface area contributed by atoms with Gasteiger partial charge in [-0.1, -0.05) is 30.8 Å². The summed E-state index contributed by atoms with van der Waals surface area (Å²) in [5.74, 6) is 0.679. The van der Waals surface area contributed by atoms with Crippen LogP contribution < -0.4 is 4.90 Å². The van der Waals surface area contributed by atoms with Gasteiger partial charge in [0, 0.05) is 17.2 Å². The lowest BCUT2D eigenvalue weighted by Gasteiger charge is -2.23. The van der Waals surface area contributed by atoms with Crippen molar-refractivity contribution < 1.29 is 4.39 Å². The summed E-state index contributed by atoms with van der Waals surface area (Å²) in [6.45, 7) is 6.89. The number of nitrogens with zero attached hydrogens (tertiary/aromatic N) is 5. The number of aromatic nitrogens is 2. The second kappa shape index (κ2) is 8.40. The van der Waals surface area contributed by atoms with Crippen molar-refractivity contribution >= 4 is 44.3 Å². The van der Waals surface area contributed by atoms with E-state index in [1.165, 1.54) is 23.9 Å². The molecule has 0 radical (unpaired) electrons. The summed E-state index contributed by atoms with van der Waals surface area (Å²) < 4.78 is 16.4. The molecule has 4 rings (SSSR count). The molecular formula is C22H21BrFN5S.